The molecule has 0 N–H and O–H groups in total. The molecule has 1 saturated heterocycles. The Balaban J connectivity index is 1.34. The molecule has 2 atom stereocenters. The van der Waals surface area contributed by atoms with Crippen molar-refractivity contribution in [2.75, 3.05) is 13.3 Å². The van der Waals surface area contributed by atoms with Gasteiger partial charge in [0.15, 0.2) is 22.1 Å². The quantitative estimate of drug-likeness (QED) is 0.471. The zero-order valence-corrected chi connectivity index (χ0v) is 19.7. The van der Waals surface area contributed by atoms with Gasteiger partial charge >= 0.3 is 0 Å². The Kier molecular flexibility index (Phi) is 5.68. The lowest BCUT2D eigenvalue weighted by Crippen LogP contribution is -2.47. The van der Waals surface area contributed by atoms with Gasteiger partial charge < -0.3 is 9.47 Å². The minimum absolute atomic E-state index is 0.281. The molecule has 2 aromatic carbocycles. The van der Waals surface area contributed by atoms with Crippen LogP contribution in [0.1, 0.15) is 44.1 Å². The standard InChI is InChI=1S/C26H30N4O2S/c33-26-29(16-19-12-13-23-24(15-19)32-18-31-23)25(21-8-2-1-3-9-21)27-30(26)17-28-14-6-10-20-7-4-5-11-22(20)28/h1-3,8-9,12-13,15,20,22H,4-7,10-11,14,16-18H2. The van der Waals surface area contributed by atoms with Crippen molar-refractivity contribution in [2.24, 2.45) is 5.92 Å². The van der Waals surface area contributed by atoms with E-state index in [4.69, 9.17) is 26.8 Å². The summed E-state index contributed by atoms with van der Waals surface area (Å²) in [5, 5.41) is 5.06. The van der Waals surface area contributed by atoms with Gasteiger partial charge in [0.1, 0.15) is 0 Å². The molecule has 2 aliphatic heterocycles. The molecule has 3 heterocycles. The molecule has 172 valence electrons. The molecule has 33 heavy (non-hydrogen) atoms. The molecule has 2 unspecified atom stereocenters. The van der Waals surface area contributed by atoms with Crippen molar-refractivity contribution in [3.63, 3.8) is 0 Å². The van der Waals surface area contributed by atoms with Crippen molar-refractivity contribution < 1.29 is 9.47 Å². The third kappa shape index (κ3) is 4.08. The molecule has 0 spiro atoms. The van der Waals surface area contributed by atoms with Crippen LogP contribution in [0.5, 0.6) is 11.5 Å². The van der Waals surface area contributed by atoms with Crippen LogP contribution in [-0.2, 0) is 13.2 Å². The van der Waals surface area contributed by atoms with Crippen molar-refractivity contribution in [1.29, 1.82) is 0 Å². The number of benzene rings is 2. The van der Waals surface area contributed by atoms with Crippen LogP contribution < -0.4 is 9.47 Å². The average molecular weight is 463 g/mol. The second-order valence-corrected chi connectivity index (χ2v) is 9.82. The molecule has 6 rings (SSSR count). The van der Waals surface area contributed by atoms with Gasteiger partial charge in [0.05, 0.1) is 13.2 Å². The molecule has 2 fully saturated rings. The van der Waals surface area contributed by atoms with Gasteiger partial charge in [-0.3, -0.25) is 9.47 Å². The fraction of sp³-hybridized carbons (Fsp3) is 0.462. The number of nitrogens with zero attached hydrogens (tertiary/aromatic N) is 4. The maximum Gasteiger partial charge on any atom is 0.231 e. The minimum atomic E-state index is 0.281. The van der Waals surface area contributed by atoms with E-state index in [1.807, 2.05) is 22.9 Å². The Bertz CT molecular complexity index is 1190. The molecule has 1 aromatic heterocycles. The number of likely N-dealkylation sites (tertiary alicyclic amines) is 1. The van der Waals surface area contributed by atoms with Crippen molar-refractivity contribution >= 4 is 12.2 Å². The lowest BCUT2D eigenvalue weighted by molar-refractivity contribution is 0.0323. The fourth-order valence-electron chi connectivity index (χ4n) is 5.77. The number of aromatic nitrogens is 3. The van der Waals surface area contributed by atoms with E-state index in [0.717, 1.165) is 52.4 Å². The molecule has 1 saturated carbocycles. The molecule has 1 aliphatic carbocycles. The Morgan fingerprint density at radius 1 is 0.939 bits per heavy atom. The second-order valence-electron chi connectivity index (χ2n) is 9.45. The number of rotatable bonds is 5. The zero-order chi connectivity index (χ0) is 22.2. The summed E-state index contributed by atoms with van der Waals surface area (Å²) in [6.45, 7) is 2.84. The number of fused-ring (bicyclic) bond motifs is 2. The van der Waals surface area contributed by atoms with Crippen LogP contribution in [0, 0.1) is 10.7 Å². The van der Waals surface area contributed by atoms with Gasteiger partial charge in [-0.15, -0.1) is 0 Å². The van der Waals surface area contributed by atoms with Crippen molar-refractivity contribution in [3.8, 4) is 22.9 Å². The Hall–Kier alpha value is -2.64. The molecule has 7 heteroatoms. The molecule has 3 aliphatic rings. The predicted molar refractivity (Wildman–Crippen MR) is 130 cm³/mol. The first-order valence-corrected chi connectivity index (χ1v) is 12.5. The first-order valence-electron chi connectivity index (χ1n) is 12.1. The van der Waals surface area contributed by atoms with Crippen LogP contribution in [0.25, 0.3) is 11.4 Å². The van der Waals surface area contributed by atoms with E-state index in [1.165, 1.54) is 38.5 Å². The van der Waals surface area contributed by atoms with Gasteiger partial charge in [-0.1, -0.05) is 49.2 Å². The summed E-state index contributed by atoms with van der Waals surface area (Å²) >= 11 is 6.01. The summed E-state index contributed by atoms with van der Waals surface area (Å²) < 4.78 is 16.0. The third-order valence-corrected chi connectivity index (χ3v) is 7.84. The van der Waals surface area contributed by atoms with Gasteiger partial charge in [-0.25, -0.2) is 4.68 Å². The first kappa shape index (κ1) is 20.9. The van der Waals surface area contributed by atoms with E-state index >= 15 is 0 Å². The number of ether oxygens (including phenoxy) is 2. The Labute approximate surface area is 199 Å². The molecular weight excluding hydrogens is 432 g/mol. The smallest absolute Gasteiger partial charge is 0.231 e. The van der Waals surface area contributed by atoms with Gasteiger partial charge in [-0.2, -0.15) is 5.10 Å². The fourth-order valence-corrected chi connectivity index (χ4v) is 6.02. The molecule has 3 aromatic rings. The van der Waals surface area contributed by atoms with Crippen molar-refractivity contribution in [3.05, 3.63) is 58.9 Å². The van der Waals surface area contributed by atoms with Crippen LogP contribution in [0.4, 0.5) is 0 Å². The van der Waals surface area contributed by atoms with E-state index in [9.17, 15) is 0 Å². The number of hydrogen-bond acceptors (Lipinski definition) is 5. The van der Waals surface area contributed by atoms with Crippen LogP contribution >= 0.6 is 12.2 Å². The minimum Gasteiger partial charge on any atom is -0.454 e. The highest BCUT2D eigenvalue weighted by atomic mass is 32.1. The Morgan fingerprint density at radius 3 is 2.67 bits per heavy atom. The summed E-state index contributed by atoms with van der Waals surface area (Å²) in [5.74, 6) is 3.35. The highest BCUT2D eigenvalue weighted by Gasteiger charge is 2.33. The summed E-state index contributed by atoms with van der Waals surface area (Å²) in [4.78, 5) is 2.63. The van der Waals surface area contributed by atoms with Crippen molar-refractivity contribution in [2.45, 2.75) is 57.8 Å². The van der Waals surface area contributed by atoms with Gasteiger partial charge in [0.2, 0.25) is 6.79 Å². The van der Waals surface area contributed by atoms with Gasteiger partial charge in [0.25, 0.3) is 0 Å². The topological polar surface area (TPSA) is 44.5 Å². The van der Waals surface area contributed by atoms with E-state index in [0.29, 0.717) is 12.6 Å². The summed E-state index contributed by atoms with van der Waals surface area (Å²) in [5.41, 5.74) is 2.20. The van der Waals surface area contributed by atoms with Crippen LogP contribution in [0.15, 0.2) is 48.5 Å². The van der Waals surface area contributed by atoms with Crippen molar-refractivity contribution in [1.82, 2.24) is 19.2 Å². The lowest BCUT2D eigenvalue weighted by atomic mass is 9.78. The van der Waals surface area contributed by atoms with E-state index in [1.54, 1.807) is 0 Å². The maximum absolute atomic E-state index is 6.01. The molecule has 0 bridgehead atoms. The molecule has 0 amide bonds. The monoisotopic (exact) mass is 462 g/mol. The van der Waals surface area contributed by atoms with Gasteiger partial charge in [-0.05, 0) is 61.5 Å². The summed E-state index contributed by atoms with van der Waals surface area (Å²) in [7, 11) is 0. The largest absolute Gasteiger partial charge is 0.454 e. The SMILES string of the molecule is S=c1n(CN2CCCC3CCCCC32)nc(-c2ccccc2)n1Cc1ccc2c(c1)OCO2. The van der Waals surface area contributed by atoms with Crippen LogP contribution in [-0.4, -0.2) is 38.6 Å². The number of hydrogen-bond donors (Lipinski definition) is 0. The third-order valence-electron chi connectivity index (χ3n) is 7.41. The second kappa shape index (κ2) is 8.95. The Morgan fingerprint density at radius 2 is 1.76 bits per heavy atom. The highest BCUT2D eigenvalue weighted by Crippen LogP contribution is 2.36. The van der Waals surface area contributed by atoms with E-state index in [-0.39, 0.29) is 6.79 Å². The first-order chi connectivity index (χ1) is 16.3. The van der Waals surface area contributed by atoms with Crippen LogP contribution in [0.3, 0.4) is 0 Å². The average Bonchev–Trinajstić information content (AvgIpc) is 3.45. The highest BCUT2D eigenvalue weighted by molar-refractivity contribution is 7.71. The molecular formula is C26H30N4O2S. The predicted octanol–water partition coefficient (Wildman–Crippen LogP) is 5.47. The van der Waals surface area contributed by atoms with Crippen LogP contribution in [0.2, 0.25) is 0 Å². The van der Waals surface area contributed by atoms with Gasteiger partial charge in [0, 0.05) is 18.2 Å². The van der Waals surface area contributed by atoms with E-state index in [2.05, 4.69) is 39.8 Å². The molecule has 0 radical (unpaired) electrons. The lowest BCUT2D eigenvalue weighted by Gasteiger charge is -2.43. The maximum atomic E-state index is 6.01. The van der Waals surface area contributed by atoms with E-state index < -0.39 is 0 Å². The normalized spacial score (nSPS) is 22.3. The molecule has 6 nitrogen and oxygen atoms in total. The summed E-state index contributed by atoms with van der Waals surface area (Å²) in [6, 6.07) is 17.1. The number of piperidine rings is 1. The zero-order valence-electron chi connectivity index (χ0n) is 18.9. The summed E-state index contributed by atoms with van der Waals surface area (Å²) in [6.07, 6.45) is 8.06.